The van der Waals surface area contributed by atoms with Crippen molar-refractivity contribution in [3.8, 4) is 35.1 Å². The smallest absolute Gasteiger partial charge is 0.349 e. The largest absolute Gasteiger partial charge is 0.454 e. The van der Waals surface area contributed by atoms with Gasteiger partial charge in [-0.3, -0.25) is 4.79 Å². The standard InChI is InChI=1S/C25H16N2O9/c26-9-17(5-15-1-3-20-22(7-15)35-13-33-20)24(29)31-11-19(28)12-32-25(30)18(10-27)6-16-2-4-21-23(8-16)36-14-34-21/h1-8H,11-14H2. The molecular formula is C25H16N2O9. The molecule has 36 heavy (non-hydrogen) atoms. The minimum Gasteiger partial charge on any atom is -0.454 e. The molecule has 2 aromatic rings. The predicted molar refractivity (Wildman–Crippen MR) is 119 cm³/mol. The molecule has 180 valence electrons. The van der Waals surface area contributed by atoms with Crippen LogP contribution in [0.15, 0.2) is 47.5 Å². The van der Waals surface area contributed by atoms with E-state index >= 15 is 0 Å². The van der Waals surface area contributed by atoms with Crippen molar-refractivity contribution in [2.45, 2.75) is 0 Å². The summed E-state index contributed by atoms with van der Waals surface area (Å²) in [5.41, 5.74) is 0.284. The maximum Gasteiger partial charge on any atom is 0.349 e. The highest BCUT2D eigenvalue weighted by Crippen LogP contribution is 2.34. The lowest BCUT2D eigenvalue weighted by Gasteiger charge is -2.05. The Morgan fingerprint density at radius 2 is 1.14 bits per heavy atom. The predicted octanol–water partition coefficient (Wildman–Crippen LogP) is 2.31. The summed E-state index contributed by atoms with van der Waals surface area (Å²) in [7, 11) is 0. The van der Waals surface area contributed by atoms with E-state index in [-0.39, 0.29) is 24.7 Å². The summed E-state index contributed by atoms with van der Waals surface area (Å²) in [6, 6.07) is 13.1. The molecular weight excluding hydrogens is 472 g/mol. The summed E-state index contributed by atoms with van der Waals surface area (Å²) in [5, 5.41) is 18.5. The molecule has 0 atom stereocenters. The number of hydrogen-bond donors (Lipinski definition) is 0. The number of nitriles is 2. The Balaban J connectivity index is 1.29. The maximum atomic E-state index is 12.2. The third-order valence-corrected chi connectivity index (χ3v) is 4.82. The number of ether oxygens (including phenoxy) is 6. The zero-order valence-electron chi connectivity index (χ0n) is 18.5. The van der Waals surface area contributed by atoms with Crippen molar-refractivity contribution >= 4 is 29.9 Å². The Labute approximate surface area is 204 Å². The van der Waals surface area contributed by atoms with Gasteiger partial charge in [-0.1, -0.05) is 12.1 Å². The molecule has 0 aliphatic carbocycles. The highest BCUT2D eigenvalue weighted by molar-refractivity contribution is 6.00. The van der Waals surface area contributed by atoms with E-state index in [2.05, 4.69) is 0 Å². The first kappa shape index (κ1) is 23.9. The molecule has 0 fully saturated rings. The number of carbonyl (C=O) groups is 3. The van der Waals surface area contributed by atoms with Gasteiger partial charge < -0.3 is 28.4 Å². The van der Waals surface area contributed by atoms with Crippen molar-refractivity contribution < 1.29 is 42.8 Å². The minimum absolute atomic E-state index is 0.0758. The second kappa shape index (κ2) is 10.8. The van der Waals surface area contributed by atoms with Crippen LogP contribution >= 0.6 is 0 Å². The Morgan fingerprint density at radius 3 is 1.56 bits per heavy atom. The molecule has 0 saturated heterocycles. The summed E-state index contributed by atoms with van der Waals surface area (Å²) in [6.45, 7) is -1.32. The third-order valence-electron chi connectivity index (χ3n) is 4.82. The topological polar surface area (TPSA) is 154 Å². The van der Waals surface area contributed by atoms with Crippen molar-refractivity contribution in [1.29, 1.82) is 10.5 Å². The first-order valence-corrected chi connectivity index (χ1v) is 10.4. The van der Waals surface area contributed by atoms with Crippen LogP contribution in [0.4, 0.5) is 0 Å². The molecule has 0 unspecified atom stereocenters. The third kappa shape index (κ3) is 5.61. The summed E-state index contributed by atoms with van der Waals surface area (Å²) in [6.07, 6.45) is 2.55. The maximum absolute atomic E-state index is 12.2. The lowest BCUT2D eigenvalue weighted by atomic mass is 10.1. The van der Waals surface area contributed by atoms with Gasteiger partial charge >= 0.3 is 11.9 Å². The van der Waals surface area contributed by atoms with Crippen LogP contribution in [0.1, 0.15) is 11.1 Å². The summed E-state index contributed by atoms with van der Waals surface area (Å²) < 4.78 is 30.6. The zero-order valence-corrected chi connectivity index (χ0v) is 18.5. The van der Waals surface area contributed by atoms with Gasteiger partial charge in [-0.05, 0) is 47.5 Å². The molecule has 11 nitrogen and oxygen atoms in total. The molecule has 0 spiro atoms. The van der Waals surface area contributed by atoms with Crippen LogP contribution in [0.25, 0.3) is 12.2 Å². The number of Topliss-reactive ketones (excluding diaryl/α,β-unsaturated/α-hetero) is 1. The molecule has 0 saturated carbocycles. The van der Waals surface area contributed by atoms with Crippen molar-refractivity contribution in [3.05, 3.63) is 58.7 Å². The van der Waals surface area contributed by atoms with Crippen molar-refractivity contribution in [2.75, 3.05) is 26.8 Å². The van der Waals surface area contributed by atoms with E-state index < -0.39 is 30.9 Å². The van der Waals surface area contributed by atoms with Gasteiger partial charge in [0, 0.05) is 0 Å². The van der Waals surface area contributed by atoms with Crippen molar-refractivity contribution in [1.82, 2.24) is 0 Å². The lowest BCUT2D eigenvalue weighted by molar-refractivity contribution is -0.149. The summed E-state index contributed by atoms with van der Waals surface area (Å²) in [5.74, 6) is -0.799. The number of rotatable bonds is 8. The number of ketones is 1. The van der Waals surface area contributed by atoms with E-state index in [0.717, 1.165) is 0 Å². The van der Waals surface area contributed by atoms with Crippen LogP contribution in [0.3, 0.4) is 0 Å². The fraction of sp³-hybridized carbons (Fsp3) is 0.160. The van der Waals surface area contributed by atoms with E-state index in [4.69, 9.17) is 28.4 Å². The molecule has 11 heteroatoms. The monoisotopic (exact) mass is 488 g/mol. The van der Waals surface area contributed by atoms with E-state index in [1.54, 1.807) is 48.5 Å². The molecule has 0 bridgehead atoms. The quantitative estimate of drug-likeness (QED) is 0.305. The molecule has 2 aromatic carbocycles. The van der Waals surface area contributed by atoms with Gasteiger partial charge in [-0.25, -0.2) is 9.59 Å². The number of benzene rings is 2. The van der Waals surface area contributed by atoms with Gasteiger partial charge in [0.05, 0.1) is 0 Å². The van der Waals surface area contributed by atoms with Gasteiger partial charge in [-0.15, -0.1) is 0 Å². The van der Waals surface area contributed by atoms with Crippen molar-refractivity contribution in [3.63, 3.8) is 0 Å². The van der Waals surface area contributed by atoms with E-state index in [1.165, 1.54) is 12.2 Å². The molecule has 0 radical (unpaired) electrons. The normalized spacial score (nSPS) is 13.4. The van der Waals surface area contributed by atoms with E-state index in [9.17, 15) is 24.9 Å². The molecule has 2 heterocycles. The Hall–Kier alpha value is -5.29. The Bertz CT molecular complexity index is 1280. The molecule has 4 rings (SSSR count). The number of hydrogen-bond acceptors (Lipinski definition) is 11. The van der Waals surface area contributed by atoms with Gasteiger partial charge in [-0.2, -0.15) is 10.5 Å². The SMILES string of the molecule is N#CC(=Cc1ccc2c(c1)OCO2)C(=O)OCC(=O)COC(=O)C(C#N)=Cc1ccc2c(c1)OCO2. The average Bonchev–Trinajstić information content (AvgIpc) is 3.56. The number of esters is 2. The van der Waals surface area contributed by atoms with Gasteiger partial charge in [0.25, 0.3) is 0 Å². The van der Waals surface area contributed by atoms with Crippen LogP contribution in [-0.2, 0) is 23.9 Å². The van der Waals surface area contributed by atoms with Gasteiger partial charge in [0.15, 0.2) is 36.2 Å². The average molecular weight is 488 g/mol. The van der Waals surface area contributed by atoms with Crippen LogP contribution < -0.4 is 18.9 Å². The van der Waals surface area contributed by atoms with Crippen LogP contribution in [0.5, 0.6) is 23.0 Å². The molecule has 0 N–H and O–H groups in total. The van der Waals surface area contributed by atoms with Crippen molar-refractivity contribution in [2.24, 2.45) is 0 Å². The fourth-order valence-electron chi connectivity index (χ4n) is 3.10. The second-order valence-electron chi connectivity index (χ2n) is 7.26. The number of fused-ring (bicyclic) bond motifs is 2. The van der Waals surface area contributed by atoms with Crippen LogP contribution in [0, 0.1) is 22.7 Å². The Morgan fingerprint density at radius 1 is 0.722 bits per heavy atom. The summed E-state index contributed by atoms with van der Waals surface area (Å²) >= 11 is 0. The van der Waals surface area contributed by atoms with Gasteiger partial charge in [0.2, 0.25) is 19.4 Å². The number of carbonyl (C=O) groups excluding carboxylic acids is 3. The molecule has 0 aromatic heterocycles. The zero-order chi connectivity index (χ0) is 25.5. The van der Waals surface area contributed by atoms with Crippen LogP contribution in [-0.4, -0.2) is 44.5 Å². The molecule has 2 aliphatic rings. The lowest BCUT2D eigenvalue weighted by Crippen LogP contribution is -2.21. The summed E-state index contributed by atoms with van der Waals surface area (Å²) in [4.78, 5) is 36.4. The highest BCUT2D eigenvalue weighted by atomic mass is 16.7. The van der Waals surface area contributed by atoms with E-state index in [0.29, 0.717) is 34.1 Å². The Kier molecular flexibility index (Phi) is 7.13. The van der Waals surface area contributed by atoms with Crippen LogP contribution in [0.2, 0.25) is 0 Å². The number of nitrogens with zero attached hydrogens (tertiary/aromatic N) is 2. The first-order valence-electron chi connectivity index (χ1n) is 10.4. The first-order chi connectivity index (χ1) is 17.5. The minimum atomic E-state index is -1.03. The molecule has 0 amide bonds. The fourth-order valence-corrected chi connectivity index (χ4v) is 3.10. The van der Waals surface area contributed by atoms with E-state index in [1.807, 2.05) is 0 Å². The second-order valence-corrected chi connectivity index (χ2v) is 7.26. The highest BCUT2D eigenvalue weighted by Gasteiger charge is 2.19. The van der Waals surface area contributed by atoms with Gasteiger partial charge in [0.1, 0.15) is 23.3 Å². The molecule has 2 aliphatic heterocycles.